The largest absolute Gasteiger partial charge is 0.465 e. The van der Waals surface area contributed by atoms with Gasteiger partial charge in [0.25, 0.3) is 0 Å². The van der Waals surface area contributed by atoms with E-state index in [1.165, 1.54) is 20.0 Å². The number of nitrogens with zero attached hydrogens (tertiary/aromatic N) is 4. The first-order chi connectivity index (χ1) is 10.6. The van der Waals surface area contributed by atoms with Crippen molar-refractivity contribution in [2.45, 2.75) is 45.2 Å². The number of rotatable bonds is 3. The molecule has 1 atom stereocenters. The van der Waals surface area contributed by atoms with E-state index < -0.39 is 0 Å². The van der Waals surface area contributed by atoms with E-state index in [0.29, 0.717) is 17.3 Å². The molecule has 0 N–H and O–H groups in total. The predicted molar refractivity (Wildman–Crippen MR) is 82.8 cm³/mol. The number of esters is 1. The standard InChI is InChI=1S/C16H22N4O2/c1-11(2)19-8-5-4-6-13(19)15-18-17-14-10-12(16(21)22-3)7-9-20(14)15/h7,9-11,13H,4-6,8H2,1-3H3. The van der Waals surface area contributed by atoms with Crippen molar-refractivity contribution in [1.82, 2.24) is 19.5 Å². The molecule has 0 aromatic carbocycles. The number of pyridine rings is 1. The van der Waals surface area contributed by atoms with Crippen molar-refractivity contribution in [3.05, 3.63) is 29.7 Å². The minimum atomic E-state index is -0.353. The molecule has 0 spiro atoms. The van der Waals surface area contributed by atoms with Gasteiger partial charge < -0.3 is 4.74 Å². The van der Waals surface area contributed by atoms with Gasteiger partial charge in [-0.3, -0.25) is 9.30 Å². The lowest BCUT2D eigenvalue weighted by Gasteiger charge is -2.37. The van der Waals surface area contributed by atoms with Gasteiger partial charge in [-0.25, -0.2) is 4.79 Å². The first kappa shape index (κ1) is 15.0. The second-order valence-corrected chi connectivity index (χ2v) is 6.04. The van der Waals surface area contributed by atoms with Crippen LogP contribution in [-0.4, -0.2) is 45.2 Å². The number of hydrogen-bond acceptors (Lipinski definition) is 5. The van der Waals surface area contributed by atoms with Gasteiger partial charge in [-0.05, 0) is 45.4 Å². The Morgan fingerprint density at radius 1 is 1.36 bits per heavy atom. The Morgan fingerprint density at radius 3 is 2.91 bits per heavy atom. The molecule has 3 rings (SSSR count). The Hall–Kier alpha value is -1.95. The third kappa shape index (κ3) is 2.59. The molecule has 1 unspecified atom stereocenters. The summed E-state index contributed by atoms with van der Waals surface area (Å²) in [6.45, 7) is 5.53. The molecular formula is C16H22N4O2. The fourth-order valence-electron chi connectivity index (χ4n) is 3.23. The van der Waals surface area contributed by atoms with Crippen LogP contribution in [0.25, 0.3) is 5.65 Å². The van der Waals surface area contributed by atoms with Gasteiger partial charge >= 0.3 is 5.97 Å². The Morgan fingerprint density at radius 2 is 2.18 bits per heavy atom. The normalized spacial score (nSPS) is 19.7. The van der Waals surface area contributed by atoms with Crippen LogP contribution < -0.4 is 0 Å². The van der Waals surface area contributed by atoms with E-state index in [2.05, 4.69) is 28.9 Å². The molecule has 0 amide bonds. The van der Waals surface area contributed by atoms with E-state index in [4.69, 9.17) is 4.74 Å². The molecule has 3 heterocycles. The summed E-state index contributed by atoms with van der Waals surface area (Å²) in [5, 5.41) is 8.64. The predicted octanol–water partition coefficient (Wildman–Crippen LogP) is 2.45. The van der Waals surface area contributed by atoms with Gasteiger partial charge in [0.15, 0.2) is 11.5 Å². The van der Waals surface area contributed by atoms with Crippen LogP contribution in [0.4, 0.5) is 0 Å². The highest BCUT2D eigenvalue weighted by molar-refractivity contribution is 5.90. The maximum Gasteiger partial charge on any atom is 0.338 e. The lowest BCUT2D eigenvalue weighted by molar-refractivity contribution is 0.0600. The van der Waals surface area contributed by atoms with Gasteiger partial charge in [0, 0.05) is 12.2 Å². The number of carbonyl (C=O) groups excluding carboxylic acids is 1. The Balaban J connectivity index is 1.99. The topological polar surface area (TPSA) is 59.7 Å². The molecule has 1 aliphatic rings. The zero-order valence-corrected chi connectivity index (χ0v) is 13.3. The molecule has 6 nitrogen and oxygen atoms in total. The lowest BCUT2D eigenvalue weighted by atomic mass is 10.00. The molecular weight excluding hydrogens is 280 g/mol. The van der Waals surface area contributed by atoms with Crippen molar-refractivity contribution < 1.29 is 9.53 Å². The monoisotopic (exact) mass is 302 g/mol. The Bertz CT molecular complexity index is 680. The quantitative estimate of drug-likeness (QED) is 0.815. The summed E-state index contributed by atoms with van der Waals surface area (Å²) in [6, 6.07) is 4.25. The number of aromatic nitrogens is 3. The summed E-state index contributed by atoms with van der Waals surface area (Å²) in [5.74, 6) is 0.605. The third-order valence-electron chi connectivity index (χ3n) is 4.36. The highest BCUT2D eigenvalue weighted by atomic mass is 16.5. The Labute approximate surface area is 130 Å². The molecule has 1 fully saturated rings. The van der Waals surface area contributed by atoms with Crippen LogP contribution in [0.3, 0.4) is 0 Å². The number of carbonyl (C=O) groups is 1. The summed E-state index contributed by atoms with van der Waals surface area (Å²) in [6.07, 6.45) is 5.41. The maximum absolute atomic E-state index is 11.6. The molecule has 22 heavy (non-hydrogen) atoms. The average molecular weight is 302 g/mol. The van der Waals surface area contributed by atoms with Crippen molar-refractivity contribution in [1.29, 1.82) is 0 Å². The van der Waals surface area contributed by atoms with E-state index in [9.17, 15) is 4.79 Å². The van der Waals surface area contributed by atoms with E-state index in [0.717, 1.165) is 18.8 Å². The highest BCUT2D eigenvalue weighted by Crippen LogP contribution is 2.31. The fraction of sp³-hybridized carbons (Fsp3) is 0.562. The van der Waals surface area contributed by atoms with Crippen LogP contribution in [0.1, 0.15) is 55.3 Å². The third-order valence-corrected chi connectivity index (χ3v) is 4.36. The van der Waals surface area contributed by atoms with Crippen LogP contribution in [-0.2, 0) is 4.74 Å². The number of methoxy groups -OCH3 is 1. The molecule has 1 aliphatic heterocycles. The van der Waals surface area contributed by atoms with Crippen molar-refractivity contribution in [3.63, 3.8) is 0 Å². The van der Waals surface area contributed by atoms with E-state index >= 15 is 0 Å². The zero-order valence-electron chi connectivity index (χ0n) is 13.3. The number of piperidine rings is 1. The van der Waals surface area contributed by atoms with Crippen molar-refractivity contribution in [3.8, 4) is 0 Å². The summed E-state index contributed by atoms with van der Waals surface area (Å²) < 4.78 is 6.74. The maximum atomic E-state index is 11.6. The molecule has 0 saturated carbocycles. The van der Waals surface area contributed by atoms with Crippen LogP contribution in [0.5, 0.6) is 0 Å². The minimum Gasteiger partial charge on any atom is -0.465 e. The summed E-state index contributed by atoms with van der Waals surface area (Å²) >= 11 is 0. The minimum absolute atomic E-state index is 0.285. The summed E-state index contributed by atoms with van der Waals surface area (Å²) in [4.78, 5) is 14.1. The number of ether oxygens (including phenoxy) is 1. The Kier molecular flexibility index (Phi) is 4.11. The van der Waals surface area contributed by atoms with Crippen LogP contribution in [0.2, 0.25) is 0 Å². The van der Waals surface area contributed by atoms with Crippen molar-refractivity contribution >= 4 is 11.6 Å². The zero-order chi connectivity index (χ0) is 15.7. The van der Waals surface area contributed by atoms with Crippen LogP contribution >= 0.6 is 0 Å². The van der Waals surface area contributed by atoms with Crippen molar-refractivity contribution in [2.75, 3.05) is 13.7 Å². The second-order valence-electron chi connectivity index (χ2n) is 6.04. The molecule has 0 aliphatic carbocycles. The van der Waals surface area contributed by atoms with Gasteiger partial charge in [0.2, 0.25) is 0 Å². The summed E-state index contributed by atoms with van der Waals surface area (Å²) in [5.41, 5.74) is 1.19. The first-order valence-corrected chi connectivity index (χ1v) is 7.80. The SMILES string of the molecule is COC(=O)c1ccn2c(C3CCCCN3C(C)C)nnc2c1. The average Bonchev–Trinajstić information content (AvgIpc) is 2.96. The van der Waals surface area contributed by atoms with Crippen molar-refractivity contribution in [2.24, 2.45) is 0 Å². The molecule has 118 valence electrons. The van der Waals surface area contributed by atoms with E-state index in [1.807, 2.05) is 10.6 Å². The molecule has 6 heteroatoms. The molecule has 0 radical (unpaired) electrons. The van der Waals surface area contributed by atoms with Crippen LogP contribution in [0.15, 0.2) is 18.3 Å². The number of hydrogen-bond donors (Lipinski definition) is 0. The second kappa shape index (κ2) is 6.04. The van der Waals surface area contributed by atoms with Gasteiger partial charge in [0.05, 0.1) is 18.7 Å². The smallest absolute Gasteiger partial charge is 0.338 e. The number of fused-ring (bicyclic) bond motifs is 1. The molecule has 0 bridgehead atoms. The molecule has 2 aromatic heterocycles. The lowest BCUT2D eigenvalue weighted by Crippen LogP contribution is -2.39. The van der Waals surface area contributed by atoms with Gasteiger partial charge in [-0.1, -0.05) is 6.42 Å². The highest BCUT2D eigenvalue weighted by Gasteiger charge is 2.29. The summed E-state index contributed by atoms with van der Waals surface area (Å²) in [7, 11) is 1.38. The number of likely N-dealkylation sites (tertiary alicyclic amines) is 1. The van der Waals surface area contributed by atoms with Crippen LogP contribution in [0, 0.1) is 0 Å². The van der Waals surface area contributed by atoms with Gasteiger partial charge in [-0.2, -0.15) is 0 Å². The van der Waals surface area contributed by atoms with E-state index in [1.54, 1.807) is 12.1 Å². The molecule has 1 saturated heterocycles. The van der Waals surface area contributed by atoms with Gasteiger partial charge in [-0.15, -0.1) is 10.2 Å². The van der Waals surface area contributed by atoms with E-state index in [-0.39, 0.29) is 12.0 Å². The van der Waals surface area contributed by atoms with Gasteiger partial charge in [0.1, 0.15) is 0 Å². The fourth-order valence-corrected chi connectivity index (χ4v) is 3.23. The molecule has 2 aromatic rings. The first-order valence-electron chi connectivity index (χ1n) is 7.80.